The Balaban J connectivity index is 2.06. The lowest BCUT2D eigenvalue weighted by atomic mass is 9.93. The molecule has 4 nitrogen and oxygen atoms in total. The van der Waals surface area contributed by atoms with Crippen LogP contribution in [-0.2, 0) is 10.2 Å². The van der Waals surface area contributed by atoms with E-state index >= 15 is 0 Å². The third kappa shape index (κ3) is 3.38. The number of amides is 1. The van der Waals surface area contributed by atoms with Crippen LogP contribution in [0.4, 0.5) is 0 Å². The van der Waals surface area contributed by atoms with Gasteiger partial charge in [-0.2, -0.15) is 0 Å². The van der Waals surface area contributed by atoms with Crippen molar-refractivity contribution < 1.29 is 14.6 Å². The number of rotatable bonds is 7. The molecule has 1 atom stereocenters. The summed E-state index contributed by atoms with van der Waals surface area (Å²) in [5, 5.41) is 12.6. The van der Waals surface area contributed by atoms with Crippen molar-refractivity contribution in [1.29, 1.82) is 0 Å². The number of aryl methyl sites for hydroxylation is 1. The first-order chi connectivity index (χ1) is 10.0. The number of benzene rings is 1. The maximum absolute atomic E-state index is 12.5. The highest BCUT2D eigenvalue weighted by atomic mass is 16.5. The highest BCUT2D eigenvalue weighted by Crippen LogP contribution is 2.49. The van der Waals surface area contributed by atoms with Gasteiger partial charge in [-0.25, -0.2) is 0 Å². The highest BCUT2D eigenvalue weighted by Gasteiger charge is 2.51. The van der Waals surface area contributed by atoms with Crippen molar-refractivity contribution in [1.82, 2.24) is 5.32 Å². The number of carbonyl (C=O) groups excluding carboxylic acids is 1. The van der Waals surface area contributed by atoms with Crippen LogP contribution >= 0.6 is 0 Å². The van der Waals surface area contributed by atoms with E-state index in [9.17, 15) is 9.90 Å². The quantitative estimate of drug-likeness (QED) is 0.810. The van der Waals surface area contributed by atoms with Crippen LogP contribution in [0.2, 0.25) is 0 Å². The molecule has 0 saturated heterocycles. The number of nitrogens with one attached hydrogen (secondary N) is 1. The molecule has 1 aromatic carbocycles. The Morgan fingerprint density at radius 3 is 2.76 bits per heavy atom. The molecule has 116 valence electrons. The molecule has 0 aromatic heterocycles. The molecule has 1 saturated carbocycles. The summed E-state index contributed by atoms with van der Waals surface area (Å²) in [4.78, 5) is 12.5. The minimum atomic E-state index is -0.456. The second kappa shape index (κ2) is 6.48. The summed E-state index contributed by atoms with van der Waals surface area (Å²) in [7, 11) is 1.65. The van der Waals surface area contributed by atoms with Crippen molar-refractivity contribution in [2.24, 2.45) is 0 Å². The summed E-state index contributed by atoms with van der Waals surface area (Å²) in [6.07, 6.45) is 2.88. The molecule has 0 aliphatic heterocycles. The topological polar surface area (TPSA) is 58.6 Å². The van der Waals surface area contributed by atoms with E-state index in [-0.39, 0.29) is 5.91 Å². The number of ether oxygens (including phenoxy) is 1. The van der Waals surface area contributed by atoms with Crippen LogP contribution in [0.15, 0.2) is 18.2 Å². The van der Waals surface area contributed by atoms with Gasteiger partial charge in [-0.1, -0.05) is 25.5 Å². The van der Waals surface area contributed by atoms with Gasteiger partial charge in [-0.15, -0.1) is 0 Å². The van der Waals surface area contributed by atoms with Gasteiger partial charge in [0, 0.05) is 6.54 Å². The van der Waals surface area contributed by atoms with E-state index in [2.05, 4.69) is 5.32 Å². The lowest BCUT2D eigenvalue weighted by Crippen LogP contribution is -2.39. The van der Waals surface area contributed by atoms with Crippen LogP contribution in [-0.4, -0.2) is 30.8 Å². The third-order valence-electron chi connectivity index (χ3n) is 4.27. The predicted molar refractivity (Wildman–Crippen MR) is 82.6 cm³/mol. The number of hydrogen-bond acceptors (Lipinski definition) is 3. The van der Waals surface area contributed by atoms with E-state index in [1.807, 2.05) is 32.0 Å². The van der Waals surface area contributed by atoms with Gasteiger partial charge in [-0.05, 0) is 43.4 Å². The number of aliphatic hydroxyl groups is 1. The van der Waals surface area contributed by atoms with E-state index in [0.29, 0.717) is 13.0 Å². The summed E-state index contributed by atoms with van der Waals surface area (Å²) < 4.78 is 5.35. The first kappa shape index (κ1) is 15.8. The Hall–Kier alpha value is -1.55. The van der Waals surface area contributed by atoms with E-state index < -0.39 is 11.5 Å². The Morgan fingerprint density at radius 2 is 2.19 bits per heavy atom. The van der Waals surface area contributed by atoms with Crippen molar-refractivity contribution in [2.45, 2.75) is 51.0 Å². The zero-order valence-corrected chi connectivity index (χ0v) is 13.1. The van der Waals surface area contributed by atoms with Gasteiger partial charge in [-0.3, -0.25) is 4.79 Å². The van der Waals surface area contributed by atoms with Gasteiger partial charge in [0.05, 0.1) is 18.6 Å². The monoisotopic (exact) mass is 291 g/mol. The average Bonchev–Trinajstić information content (AvgIpc) is 3.27. The first-order valence-corrected chi connectivity index (χ1v) is 7.65. The number of aliphatic hydroxyl groups excluding tert-OH is 1. The zero-order valence-electron chi connectivity index (χ0n) is 13.1. The van der Waals surface area contributed by atoms with Crippen molar-refractivity contribution in [3.05, 3.63) is 29.3 Å². The zero-order chi connectivity index (χ0) is 15.5. The Labute approximate surface area is 126 Å². The third-order valence-corrected chi connectivity index (χ3v) is 4.27. The molecule has 1 unspecified atom stereocenters. The van der Waals surface area contributed by atoms with Crippen LogP contribution in [0, 0.1) is 6.92 Å². The molecular formula is C17H25NO3. The maximum atomic E-state index is 12.5. The van der Waals surface area contributed by atoms with Crippen LogP contribution < -0.4 is 10.1 Å². The normalized spacial score (nSPS) is 17.1. The summed E-state index contributed by atoms with van der Waals surface area (Å²) in [6, 6.07) is 5.96. The second-order valence-electron chi connectivity index (χ2n) is 5.92. The van der Waals surface area contributed by atoms with Crippen LogP contribution in [0.3, 0.4) is 0 Å². The van der Waals surface area contributed by atoms with Gasteiger partial charge in [0.2, 0.25) is 5.91 Å². The molecule has 1 aromatic rings. The van der Waals surface area contributed by atoms with Gasteiger partial charge in [0.15, 0.2) is 0 Å². The average molecular weight is 291 g/mol. The van der Waals surface area contributed by atoms with Crippen LogP contribution in [0.5, 0.6) is 5.75 Å². The fourth-order valence-corrected chi connectivity index (χ4v) is 2.70. The van der Waals surface area contributed by atoms with Crippen molar-refractivity contribution in [3.8, 4) is 5.75 Å². The van der Waals surface area contributed by atoms with E-state index in [0.717, 1.165) is 36.1 Å². The first-order valence-electron chi connectivity index (χ1n) is 7.65. The van der Waals surface area contributed by atoms with Crippen LogP contribution in [0.1, 0.15) is 43.7 Å². The molecule has 0 bridgehead atoms. The fourth-order valence-electron chi connectivity index (χ4n) is 2.70. The molecule has 1 aliphatic carbocycles. The van der Waals surface area contributed by atoms with E-state index in [4.69, 9.17) is 4.74 Å². The molecule has 1 fully saturated rings. The minimum absolute atomic E-state index is 0.0172. The standard InChI is InChI=1S/C17H25NO3/c1-4-5-14(19)11-18-16(20)17(8-9-17)13-7-6-12(2)15(10-13)21-3/h6-7,10,14,19H,4-5,8-9,11H2,1-3H3,(H,18,20). The fraction of sp³-hybridized carbons (Fsp3) is 0.588. The minimum Gasteiger partial charge on any atom is -0.496 e. The van der Waals surface area contributed by atoms with Crippen molar-refractivity contribution in [2.75, 3.05) is 13.7 Å². The molecule has 0 heterocycles. The molecule has 1 aliphatic rings. The number of methoxy groups -OCH3 is 1. The lowest BCUT2D eigenvalue weighted by molar-refractivity contribution is -0.124. The predicted octanol–water partition coefficient (Wildman–Crippen LogP) is 2.31. The number of carbonyl (C=O) groups is 1. The Morgan fingerprint density at radius 1 is 1.48 bits per heavy atom. The summed E-state index contributed by atoms with van der Waals surface area (Å²) in [6.45, 7) is 4.34. The molecular weight excluding hydrogens is 266 g/mol. The summed E-state index contributed by atoms with van der Waals surface area (Å²) in [5.74, 6) is 0.834. The van der Waals surface area contributed by atoms with E-state index in [1.54, 1.807) is 7.11 Å². The lowest BCUT2D eigenvalue weighted by Gasteiger charge is -2.19. The Kier molecular flexibility index (Phi) is 4.88. The van der Waals surface area contributed by atoms with Gasteiger partial charge in [0.25, 0.3) is 0 Å². The largest absolute Gasteiger partial charge is 0.496 e. The van der Waals surface area contributed by atoms with Gasteiger partial charge >= 0.3 is 0 Å². The smallest absolute Gasteiger partial charge is 0.230 e. The van der Waals surface area contributed by atoms with Gasteiger partial charge < -0.3 is 15.2 Å². The molecule has 21 heavy (non-hydrogen) atoms. The second-order valence-corrected chi connectivity index (χ2v) is 5.92. The SMILES string of the molecule is CCCC(O)CNC(=O)C1(c2ccc(C)c(OC)c2)CC1. The Bertz CT molecular complexity index is 509. The van der Waals surface area contributed by atoms with Crippen molar-refractivity contribution >= 4 is 5.91 Å². The van der Waals surface area contributed by atoms with Crippen molar-refractivity contribution in [3.63, 3.8) is 0 Å². The molecule has 4 heteroatoms. The molecule has 2 N–H and O–H groups in total. The summed E-state index contributed by atoms with van der Waals surface area (Å²) in [5.41, 5.74) is 1.65. The molecule has 1 amide bonds. The van der Waals surface area contributed by atoms with E-state index in [1.165, 1.54) is 0 Å². The number of hydrogen-bond donors (Lipinski definition) is 2. The molecule has 2 rings (SSSR count). The van der Waals surface area contributed by atoms with Gasteiger partial charge in [0.1, 0.15) is 5.75 Å². The molecule has 0 spiro atoms. The summed E-state index contributed by atoms with van der Waals surface area (Å²) >= 11 is 0. The highest BCUT2D eigenvalue weighted by molar-refractivity contribution is 5.91. The maximum Gasteiger partial charge on any atom is 0.230 e. The molecule has 0 radical (unpaired) electrons. The van der Waals surface area contributed by atoms with Crippen LogP contribution in [0.25, 0.3) is 0 Å².